The third-order valence-corrected chi connectivity index (χ3v) is 3.43. The van der Waals surface area contributed by atoms with Crippen LogP contribution in [0.3, 0.4) is 0 Å². The minimum absolute atomic E-state index is 0.367. The molecule has 1 saturated carbocycles. The van der Waals surface area contributed by atoms with Gasteiger partial charge in [-0.15, -0.1) is 0 Å². The molecule has 94 valence electrons. The molecule has 0 heterocycles. The van der Waals surface area contributed by atoms with Crippen LogP contribution in [0.2, 0.25) is 0 Å². The first kappa shape index (κ1) is 12.4. The van der Waals surface area contributed by atoms with Crippen molar-refractivity contribution < 1.29 is 4.74 Å². The van der Waals surface area contributed by atoms with E-state index in [0.29, 0.717) is 12.1 Å². The lowest BCUT2D eigenvalue weighted by Gasteiger charge is -2.28. The predicted octanol–water partition coefficient (Wildman–Crippen LogP) is 3.68. The first-order chi connectivity index (χ1) is 8.31. The first-order valence-corrected chi connectivity index (χ1v) is 6.80. The van der Waals surface area contributed by atoms with Gasteiger partial charge in [0.25, 0.3) is 0 Å². The molecule has 1 unspecified atom stereocenters. The number of para-hydroxylation sites is 1. The molecule has 0 bridgehead atoms. The summed E-state index contributed by atoms with van der Waals surface area (Å²) in [5.74, 6) is 1.06. The van der Waals surface area contributed by atoms with Crippen molar-refractivity contribution >= 4 is 0 Å². The smallest absolute Gasteiger partial charge is 0.124 e. The third kappa shape index (κ3) is 3.22. The maximum absolute atomic E-state index is 6.04. The van der Waals surface area contributed by atoms with E-state index in [9.17, 15) is 0 Å². The summed E-state index contributed by atoms with van der Waals surface area (Å²) in [6.45, 7) is 5.45. The minimum Gasteiger partial charge on any atom is -0.490 e. The lowest BCUT2D eigenvalue weighted by atomic mass is 9.96. The molecular formula is C15H23NO. The van der Waals surface area contributed by atoms with E-state index in [2.05, 4.69) is 43.4 Å². The Labute approximate surface area is 104 Å². The van der Waals surface area contributed by atoms with Crippen LogP contribution in [-0.4, -0.2) is 12.6 Å². The number of nitrogens with one attached hydrogen (secondary N) is 1. The van der Waals surface area contributed by atoms with Gasteiger partial charge in [-0.25, -0.2) is 0 Å². The molecule has 0 amide bonds. The van der Waals surface area contributed by atoms with Gasteiger partial charge >= 0.3 is 0 Å². The van der Waals surface area contributed by atoms with Crippen LogP contribution >= 0.6 is 0 Å². The van der Waals surface area contributed by atoms with Crippen molar-refractivity contribution in [3.8, 4) is 5.75 Å². The summed E-state index contributed by atoms with van der Waals surface area (Å²) in [6, 6.07) is 8.78. The summed E-state index contributed by atoms with van der Waals surface area (Å²) >= 11 is 0. The zero-order valence-electron chi connectivity index (χ0n) is 10.9. The fraction of sp³-hybridized carbons (Fsp3) is 0.600. The summed E-state index contributed by atoms with van der Waals surface area (Å²) in [6.07, 6.45) is 5.36. The topological polar surface area (TPSA) is 21.3 Å². The van der Waals surface area contributed by atoms with Crippen molar-refractivity contribution in [2.24, 2.45) is 0 Å². The van der Waals surface area contributed by atoms with Crippen LogP contribution < -0.4 is 10.1 Å². The highest BCUT2D eigenvalue weighted by Crippen LogP contribution is 2.30. The van der Waals surface area contributed by atoms with Gasteiger partial charge in [-0.2, -0.15) is 0 Å². The molecule has 1 aliphatic rings. The van der Waals surface area contributed by atoms with Gasteiger partial charge in [-0.1, -0.05) is 25.1 Å². The predicted molar refractivity (Wildman–Crippen MR) is 71.4 cm³/mol. The van der Waals surface area contributed by atoms with E-state index < -0.39 is 0 Å². The molecule has 0 aliphatic heterocycles. The van der Waals surface area contributed by atoms with E-state index >= 15 is 0 Å². The molecule has 2 nitrogen and oxygen atoms in total. The Hall–Kier alpha value is -1.02. The van der Waals surface area contributed by atoms with Crippen molar-refractivity contribution in [2.75, 3.05) is 6.54 Å². The maximum atomic E-state index is 6.04. The molecule has 0 spiro atoms. The van der Waals surface area contributed by atoms with Crippen LogP contribution in [0.5, 0.6) is 5.75 Å². The van der Waals surface area contributed by atoms with Gasteiger partial charge < -0.3 is 10.1 Å². The van der Waals surface area contributed by atoms with E-state index in [1.807, 2.05) is 0 Å². The highest BCUT2D eigenvalue weighted by atomic mass is 16.5. The zero-order valence-corrected chi connectivity index (χ0v) is 10.9. The highest BCUT2D eigenvalue weighted by Gasteiger charge is 2.21. The Kier molecular flexibility index (Phi) is 4.43. The monoisotopic (exact) mass is 233 g/mol. The molecule has 0 radical (unpaired) electrons. The number of benzene rings is 1. The molecule has 1 atom stereocenters. The van der Waals surface area contributed by atoms with E-state index in [1.165, 1.54) is 24.8 Å². The molecule has 1 fully saturated rings. The van der Waals surface area contributed by atoms with Gasteiger partial charge in [-0.05, 0) is 45.2 Å². The van der Waals surface area contributed by atoms with Crippen molar-refractivity contribution in [2.45, 2.75) is 51.7 Å². The van der Waals surface area contributed by atoms with E-state index in [1.54, 1.807) is 0 Å². The average Bonchev–Trinajstić information content (AvgIpc) is 2.31. The van der Waals surface area contributed by atoms with E-state index in [-0.39, 0.29) is 0 Å². The van der Waals surface area contributed by atoms with Crippen LogP contribution in [0.15, 0.2) is 24.3 Å². The van der Waals surface area contributed by atoms with Crippen molar-refractivity contribution in [1.82, 2.24) is 5.32 Å². The third-order valence-electron chi connectivity index (χ3n) is 3.43. The Morgan fingerprint density at radius 1 is 1.35 bits per heavy atom. The molecule has 2 heteroatoms. The molecule has 2 rings (SSSR count). The normalized spacial score (nSPS) is 17.5. The SMILES string of the molecule is CCCNC(C)c1ccccc1OC1CCC1. The van der Waals surface area contributed by atoms with Crippen LogP contribution in [0.25, 0.3) is 0 Å². The summed E-state index contributed by atoms with van der Waals surface area (Å²) in [5.41, 5.74) is 1.29. The first-order valence-electron chi connectivity index (χ1n) is 6.80. The summed E-state index contributed by atoms with van der Waals surface area (Å²) in [7, 11) is 0. The Morgan fingerprint density at radius 3 is 2.76 bits per heavy atom. The van der Waals surface area contributed by atoms with Crippen molar-refractivity contribution in [3.63, 3.8) is 0 Å². The van der Waals surface area contributed by atoms with Gasteiger partial charge in [-0.3, -0.25) is 0 Å². The second-order valence-corrected chi connectivity index (χ2v) is 4.88. The standard InChI is InChI=1S/C15H23NO/c1-3-11-16-12(2)14-9-4-5-10-15(14)17-13-7-6-8-13/h4-5,9-10,12-13,16H,3,6-8,11H2,1-2H3. The summed E-state index contributed by atoms with van der Waals surface area (Å²) in [5, 5.41) is 3.52. The fourth-order valence-corrected chi connectivity index (χ4v) is 2.08. The van der Waals surface area contributed by atoms with Crippen LogP contribution in [-0.2, 0) is 0 Å². The van der Waals surface area contributed by atoms with Gasteiger partial charge in [0, 0.05) is 11.6 Å². The molecule has 0 aromatic heterocycles. The lowest BCUT2D eigenvalue weighted by molar-refractivity contribution is 0.118. The molecule has 1 N–H and O–H groups in total. The minimum atomic E-state index is 0.367. The van der Waals surface area contributed by atoms with Crippen LogP contribution in [0.1, 0.15) is 51.1 Å². The molecule has 1 aromatic carbocycles. The maximum Gasteiger partial charge on any atom is 0.124 e. The van der Waals surface area contributed by atoms with Crippen molar-refractivity contribution in [3.05, 3.63) is 29.8 Å². The Morgan fingerprint density at radius 2 is 2.12 bits per heavy atom. The largest absolute Gasteiger partial charge is 0.490 e. The molecule has 1 aliphatic carbocycles. The van der Waals surface area contributed by atoms with Crippen molar-refractivity contribution in [1.29, 1.82) is 0 Å². The summed E-state index contributed by atoms with van der Waals surface area (Å²) < 4.78 is 6.04. The second-order valence-electron chi connectivity index (χ2n) is 4.88. The van der Waals surface area contributed by atoms with Crippen LogP contribution in [0, 0.1) is 0 Å². The highest BCUT2D eigenvalue weighted by molar-refractivity contribution is 5.35. The molecule has 17 heavy (non-hydrogen) atoms. The number of hydrogen-bond donors (Lipinski definition) is 1. The number of ether oxygens (including phenoxy) is 1. The van der Waals surface area contributed by atoms with Gasteiger partial charge in [0.2, 0.25) is 0 Å². The second kappa shape index (κ2) is 6.06. The lowest BCUT2D eigenvalue weighted by Crippen LogP contribution is -2.26. The number of hydrogen-bond acceptors (Lipinski definition) is 2. The molecular weight excluding hydrogens is 210 g/mol. The van der Waals surface area contributed by atoms with Crippen LogP contribution in [0.4, 0.5) is 0 Å². The summed E-state index contributed by atoms with van der Waals surface area (Å²) in [4.78, 5) is 0. The average molecular weight is 233 g/mol. The zero-order chi connectivity index (χ0) is 12.1. The van der Waals surface area contributed by atoms with E-state index in [0.717, 1.165) is 18.7 Å². The van der Waals surface area contributed by atoms with Gasteiger partial charge in [0.05, 0.1) is 6.10 Å². The van der Waals surface area contributed by atoms with Gasteiger partial charge in [0.1, 0.15) is 5.75 Å². The quantitative estimate of drug-likeness (QED) is 0.809. The van der Waals surface area contributed by atoms with Gasteiger partial charge in [0.15, 0.2) is 0 Å². The van der Waals surface area contributed by atoms with E-state index in [4.69, 9.17) is 4.74 Å². The fourth-order valence-electron chi connectivity index (χ4n) is 2.08. The Bertz CT molecular complexity index is 347. The molecule has 1 aromatic rings. The Balaban J connectivity index is 2.03. The molecule has 0 saturated heterocycles. The number of rotatable bonds is 6.